The predicted molar refractivity (Wildman–Crippen MR) is 129 cm³/mol. The maximum Gasteiger partial charge on any atom is -0.147 e. The van der Waals surface area contributed by atoms with E-state index in [1.807, 2.05) is 0 Å². The minimum absolute atomic E-state index is 0. The van der Waals surface area contributed by atoms with Crippen molar-refractivity contribution in [3.05, 3.63) is 47.6 Å². The SMILES string of the molecule is CCCCC1=C[CH]([Zr]([CH3])([CH3])([CH3])([CH3])(=[SiH2])(=[SiH2])[CH]2C=CC(CCCC)=C2)C=C1.Cl. The molecular formula is C22H43ClSi2Zr. The van der Waals surface area contributed by atoms with Gasteiger partial charge >= 0.3 is 151 Å². The number of halogens is 1. The van der Waals surface area contributed by atoms with Gasteiger partial charge in [-0.25, -0.2) is 0 Å². The van der Waals surface area contributed by atoms with Crippen LogP contribution < -0.4 is 0 Å². The first-order chi connectivity index (χ1) is 11.0. The van der Waals surface area contributed by atoms with Crippen molar-refractivity contribution < 1.29 is 11.6 Å². The fourth-order valence-corrected chi connectivity index (χ4v) is 23.8. The van der Waals surface area contributed by atoms with Crippen LogP contribution in [0, 0.1) is 0 Å². The quantitative estimate of drug-likeness (QED) is 0.323. The average Bonchev–Trinajstić information content (AvgIpc) is 3.11. The van der Waals surface area contributed by atoms with Crippen molar-refractivity contribution in [3.8, 4) is 0 Å². The summed E-state index contributed by atoms with van der Waals surface area (Å²) in [5.74, 6) is 0. The number of rotatable bonds is 8. The molecule has 0 aromatic carbocycles. The minimum atomic E-state index is -4.49. The zero-order valence-corrected chi connectivity index (χ0v) is 24.3. The zero-order valence-electron chi connectivity index (χ0n) is 18.2. The van der Waals surface area contributed by atoms with Gasteiger partial charge in [-0.05, 0) is 0 Å². The van der Waals surface area contributed by atoms with Gasteiger partial charge in [0, 0.05) is 0 Å². The molecule has 150 valence electrons. The molecule has 0 saturated heterocycles. The number of hydrogen-bond acceptors (Lipinski definition) is 0. The van der Waals surface area contributed by atoms with Gasteiger partial charge in [-0.15, -0.1) is 12.4 Å². The fourth-order valence-electron chi connectivity index (χ4n) is 4.61. The number of hydrogen-bond donors (Lipinski definition) is 0. The van der Waals surface area contributed by atoms with E-state index in [2.05, 4.69) is 82.6 Å². The Morgan fingerprint density at radius 3 is 1.42 bits per heavy atom. The van der Waals surface area contributed by atoms with Crippen LogP contribution in [0.3, 0.4) is 0 Å². The Labute approximate surface area is 162 Å². The van der Waals surface area contributed by atoms with Crippen molar-refractivity contribution >= 4 is 26.2 Å². The molecule has 0 bridgehead atoms. The molecule has 0 fully saturated rings. The first-order valence-electron chi connectivity index (χ1n) is 10.6. The van der Waals surface area contributed by atoms with E-state index in [4.69, 9.17) is 0 Å². The molecular weight excluding hydrogens is 447 g/mol. The summed E-state index contributed by atoms with van der Waals surface area (Å²) >= 11 is -4.49. The molecule has 0 heterocycles. The van der Waals surface area contributed by atoms with Crippen LogP contribution in [0.25, 0.3) is 0 Å². The van der Waals surface area contributed by atoms with Crippen LogP contribution in [0.5, 0.6) is 0 Å². The number of unbranched alkanes of at least 4 members (excludes halogenated alkanes) is 2. The fraction of sp³-hybridized carbons (Fsp3) is 0.636. The number of allylic oxidation sites excluding steroid dienone is 8. The summed E-state index contributed by atoms with van der Waals surface area (Å²) in [6, 6.07) is 0. The first kappa shape index (κ1) is 24.6. The summed E-state index contributed by atoms with van der Waals surface area (Å²) in [5.41, 5.74) is 3.14. The molecule has 0 aromatic heterocycles. The molecule has 2 atom stereocenters. The molecule has 0 nitrogen and oxygen atoms in total. The summed E-state index contributed by atoms with van der Waals surface area (Å²) in [7, 11) is 0. The van der Waals surface area contributed by atoms with Crippen molar-refractivity contribution in [1.82, 2.24) is 0 Å². The van der Waals surface area contributed by atoms with Gasteiger partial charge in [0.1, 0.15) is 0 Å². The molecule has 2 rings (SSSR count). The second-order valence-electron chi connectivity index (χ2n) is 14.8. The standard InChI is InChI=1S/2C9H13.4CH3.ClH.2H2Si.Zr/c2*1-2-3-6-9-7-4-5-8-9;;;;;;;;/h2*4-5,7-8H,2-3,6H2,1H3;4*1H3;1H;2*1H2;. The molecule has 0 aromatic rings. The summed E-state index contributed by atoms with van der Waals surface area (Å²) < 4.78 is 12.0. The van der Waals surface area contributed by atoms with Gasteiger partial charge in [0.25, 0.3) is 0 Å². The monoisotopic (exact) mass is 488 g/mol. The van der Waals surface area contributed by atoms with E-state index in [0.29, 0.717) is 7.25 Å². The third-order valence-electron chi connectivity index (χ3n) is 7.45. The van der Waals surface area contributed by atoms with Crippen molar-refractivity contribution in [2.45, 2.75) is 78.2 Å². The summed E-state index contributed by atoms with van der Waals surface area (Å²) in [4.78, 5) is 0. The smallest absolute Gasteiger partial charge is 0.147 e. The van der Waals surface area contributed by atoms with Crippen molar-refractivity contribution in [2.24, 2.45) is 0 Å². The maximum atomic E-state index is 2.71. The van der Waals surface area contributed by atoms with E-state index in [1.165, 1.54) is 38.5 Å². The molecule has 0 aliphatic heterocycles. The Balaban J connectivity index is 0.00000338. The van der Waals surface area contributed by atoms with Crippen molar-refractivity contribution in [3.63, 3.8) is 0 Å². The summed E-state index contributed by atoms with van der Waals surface area (Å²) in [5, 5.41) is 0. The topological polar surface area (TPSA) is 0 Å². The van der Waals surface area contributed by atoms with Crippen LogP contribution in [0.2, 0.25) is 25.8 Å². The van der Waals surface area contributed by atoms with Gasteiger partial charge in [0.2, 0.25) is 0 Å². The van der Waals surface area contributed by atoms with Gasteiger partial charge in [0.15, 0.2) is 0 Å². The Kier molecular flexibility index (Phi) is 5.28. The zero-order chi connectivity index (χ0) is 19.1. The van der Waals surface area contributed by atoms with Gasteiger partial charge < -0.3 is 0 Å². The van der Waals surface area contributed by atoms with Crippen molar-refractivity contribution in [1.29, 1.82) is 0 Å². The molecule has 2 aliphatic rings. The van der Waals surface area contributed by atoms with Gasteiger partial charge in [0.05, 0.1) is 0 Å². The second kappa shape index (κ2) is 5.58. The van der Waals surface area contributed by atoms with Crippen LogP contribution in [0.1, 0.15) is 52.4 Å². The molecule has 4 heteroatoms. The van der Waals surface area contributed by atoms with E-state index in [9.17, 15) is 0 Å². The van der Waals surface area contributed by atoms with E-state index in [1.54, 1.807) is 11.1 Å². The van der Waals surface area contributed by atoms with Crippen LogP contribution in [-0.4, -0.2) is 13.8 Å². The molecule has 0 radical (unpaired) electrons. The van der Waals surface area contributed by atoms with E-state index in [0.717, 1.165) is 0 Å². The van der Waals surface area contributed by atoms with Gasteiger partial charge in [-0.3, -0.25) is 0 Å². The summed E-state index contributed by atoms with van der Waals surface area (Å²) in [6.45, 7) is 9.40. The molecule has 0 saturated carbocycles. The van der Waals surface area contributed by atoms with Crippen molar-refractivity contribution in [2.75, 3.05) is 0 Å². The van der Waals surface area contributed by atoms with Gasteiger partial charge in [-0.1, -0.05) is 0 Å². The van der Waals surface area contributed by atoms with Crippen LogP contribution in [0.15, 0.2) is 47.6 Å². The average molecular weight is 490 g/mol. The third kappa shape index (κ3) is 4.58. The Morgan fingerprint density at radius 1 is 0.769 bits per heavy atom. The largest absolute Gasteiger partial charge is 0.147 e. The molecule has 26 heavy (non-hydrogen) atoms. The van der Waals surface area contributed by atoms with Gasteiger partial charge in [-0.2, -0.15) is 0 Å². The van der Waals surface area contributed by atoms with Crippen LogP contribution in [0.4, 0.5) is 0 Å². The third-order valence-corrected chi connectivity index (χ3v) is 40.0. The molecule has 0 amide bonds. The minimum Gasteiger partial charge on any atom is -0.147 e. The Morgan fingerprint density at radius 2 is 1.12 bits per heavy atom. The first-order valence-corrected chi connectivity index (χ1v) is 35.1. The van der Waals surface area contributed by atoms with E-state index >= 15 is 0 Å². The molecule has 0 spiro atoms. The molecule has 0 N–H and O–H groups in total. The Hall–Kier alpha value is 0.567. The van der Waals surface area contributed by atoms with E-state index < -0.39 is 11.6 Å². The van der Waals surface area contributed by atoms with Crippen LogP contribution >= 0.6 is 12.4 Å². The van der Waals surface area contributed by atoms with E-state index in [-0.39, 0.29) is 12.4 Å². The predicted octanol–water partition coefficient (Wildman–Crippen LogP) is 6.94. The van der Waals surface area contributed by atoms with Crippen LogP contribution in [-0.2, 0) is 11.6 Å². The summed E-state index contributed by atoms with van der Waals surface area (Å²) in [6.07, 6.45) is 22.9. The maximum absolute atomic E-state index is 4.49. The molecule has 2 unspecified atom stereocenters. The molecule has 2 aliphatic carbocycles. The Bertz CT molecular complexity index is 885. The second-order valence-corrected chi connectivity index (χ2v) is 119. The normalized spacial score (nSPS) is 28.2.